The van der Waals surface area contributed by atoms with Gasteiger partial charge in [0.05, 0.1) is 12.0 Å². The van der Waals surface area contributed by atoms with Crippen LogP contribution in [0.1, 0.15) is 47.0 Å². The number of hydrogen-bond donors (Lipinski definition) is 0. The van der Waals surface area contributed by atoms with Crippen molar-refractivity contribution < 1.29 is 28.7 Å². The average molecular weight is 327 g/mol. The molecule has 2 atom stereocenters. The van der Waals surface area contributed by atoms with Crippen molar-refractivity contribution in [2.45, 2.75) is 59.2 Å². The molecule has 1 saturated heterocycles. The van der Waals surface area contributed by atoms with Crippen molar-refractivity contribution >= 4 is 24.0 Å². The highest BCUT2D eigenvalue weighted by Gasteiger charge is 2.47. The van der Waals surface area contributed by atoms with Crippen LogP contribution in [0.3, 0.4) is 0 Å². The van der Waals surface area contributed by atoms with Crippen molar-refractivity contribution in [3.63, 3.8) is 0 Å². The summed E-state index contributed by atoms with van der Waals surface area (Å²) in [6.07, 6.45) is 1.43. The van der Waals surface area contributed by atoms with Crippen LogP contribution in [0.5, 0.6) is 0 Å². The molecule has 7 heteroatoms. The van der Waals surface area contributed by atoms with E-state index in [9.17, 15) is 19.2 Å². The zero-order valence-corrected chi connectivity index (χ0v) is 14.2. The molecule has 0 aliphatic carbocycles. The number of esters is 2. The molecule has 1 fully saturated rings. The van der Waals surface area contributed by atoms with Crippen LogP contribution in [-0.4, -0.2) is 54.3 Å². The molecule has 1 aliphatic rings. The van der Waals surface area contributed by atoms with E-state index in [2.05, 4.69) is 0 Å². The number of carbonyl (C=O) groups is 4. The first-order valence-corrected chi connectivity index (χ1v) is 7.84. The van der Waals surface area contributed by atoms with Gasteiger partial charge >= 0.3 is 11.9 Å². The molecule has 23 heavy (non-hydrogen) atoms. The third-order valence-corrected chi connectivity index (χ3v) is 4.04. The van der Waals surface area contributed by atoms with Crippen LogP contribution in [-0.2, 0) is 28.7 Å². The van der Waals surface area contributed by atoms with Gasteiger partial charge in [0.1, 0.15) is 6.04 Å². The largest absolute Gasteiger partial charge is 0.465 e. The number of aldehydes is 1. The Labute approximate surface area is 136 Å². The fourth-order valence-corrected chi connectivity index (χ4v) is 2.79. The number of ether oxygens (including phenoxy) is 2. The highest BCUT2D eigenvalue weighted by Crippen LogP contribution is 2.32. The third kappa shape index (κ3) is 4.60. The van der Waals surface area contributed by atoms with Crippen LogP contribution in [0.4, 0.5) is 0 Å². The first-order chi connectivity index (χ1) is 10.8. The molecule has 1 aliphatic heterocycles. The molecule has 0 N–H and O–H groups in total. The van der Waals surface area contributed by atoms with Gasteiger partial charge in [0.2, 0.25) is 5.78 Å². The van der Waals surface area contributed by atoms with Crippen LogP contribution < -0.4 is 0 Å². The summed E-state index contributed by atoms with van der Waals surface area (Å²) in [5.74, 6) is -1.66. The van der Waals surface area contributed by atoms with E-state index in [-0.39, 0.29) is 12.9 Å². The Kier molecular flexibility index (Phi) is 6.87. The summed E-state index contributed by atoms with van der Waals surface area (Å²) in [5.41, 5.74) is -1.25. The Morgan fingerprint density at radius 3 is 2.48 bits per heavy atom. The maximum Gasteiger partial charge on any atom is 0.323 e. The number of piperidine rings is 1. The van der Waals surface area contributed by atoms with E-state index in [1.54, 1.807) is 11.8 Å². The first kappa shape index (κ1) is 19.3. The molecule has 1 rings (SSSR count). The van der Waals surface area contributed by atoms with Crippen molar-refractivity contribution in [1.82, 2.24) is 4.90 Å². The van der Waals surface area contributed by atoms with Gasteiger partial charge < -0.3 is 9.47 Å². The van der Waals surface area contributed by atoms with Gasteiger partial charge in [-0.2, -0.15) is 0 Å². The van der Waals surface area contributed by atoms with Gasteiger partial charge in [-0.25, -0.2) is 0 Å². The van der Waals surface area contributed by atoms with Crippen molar-refractivity contribution in [2.24, 2.45) is 5.41 Å². The van der Waals surface area contributed by atoms with Crippen LogP contribution in [0.25, 0.3) is 0 Å². The Morgan fingerprint density at radius 2 is 1.96 bits per heavy atom. The van der Waals surface area contributed by atoms with Gasteiger partial charge in [0.15, 0.2) is 12.5 Å². The number of carbonyl (C=O) groups excluding carboxylic acids is 4. The maximum atomic E-state index is 12.2. The van der Waals surface area contributed by atoms with E-state index in [0.717, 1.165) is 12.8 Å². The van der Waals surface area contributed by atoms with Crippen molar-refractivity contribution in [3.05, 3.63) is 0 Å². The summed E-state index contributed by atoms with van der Waals surface area (Å²) in [6, 6.07) is -0.591. The number of hydrogen-bond acceptors (Lipinski definition) is 7. The van der Waals surface area contributed by atoms with Gasteiger partial charge in [0.25, 0.3) is 0 Å². The minimum absolute atomic E-state index is 0.222. The van der Waals surface area contributed by atoms with E-state index >= 15 is 0 Å². The fraction of sp³-hybridized carbons (Fsp3) is 0.750. The molecule has 0 aromatic carbocycles. The lowest BCUT2D eigenvalue weighted by atomic mass is 9.84. The van der Waals surface area contributed by atoms with Crippen LogP contribution in [0.15, 0.2) is 0 Å². The molecule has 0 spiro atoms. The molecular formula is C16H25NO6. The molecule has 130 valence electrons. The van der Waals surface area contributed by atoms with E-state index in [4.69, 9.17) is 9.47 Å². The second-order valence-corrected chi connectivity index (χ2v) is 6.17. The highest BCUT2D eigenvalue weighted by atomic mass is 16.6. The molecule has 2 unspecified atom stereocenters. The number of likely N-dealkylation sites (tertiary alicyclic amines) is 1. The van der Waals surface area contributed by atoms with Crippen LogP contribution >= 0.6 is 0 Å². The standard InChI is InChI=1S/C16H25NO6/c1-5-22-14(21)12-8-6-7-9-17(12)15(23-11(2)19)16(3,4)13(20)10-18/h10,12,15H,5-9H2,1-4H3. The number of ketones is 1. The van der Waals surface area contributed by atoms with Gasteiger partial charge in [-0.05, 0) is 33.6 Å². The fourth-order valence-electron chi connectivity index (χ4n) is 2.79. The van der Waals surface area contributed by atoms with Gasteiger partial charge in [-0.1, -0.05) is 6.42 Å². The SMILES string of the molecule is CCOC(=O)C1CCCCN1C(OC(C)=O)C(C)(C)C(=O)C=O. The Bertz CT molecular complexity index is 473. The summed E-state index contributed by atoms with van der Waals surface area (Å²) in [4.78, 5) is 48.3. The number of nitrogens with zero attached hydrogens (tertiary/aromatic N) is 1. The Balaban J connectivity index is 3.16. The van der Waals surface area contributed by atoms with E-state index in [1.165, 1.54) is 20.8 Å². The van der Waals surface area contributed by atoms with Crippen molar-refractivity contribution in [1.29, 1.82) is 0 Å². The monoisotopic (exact) mass is 327 g/mol. The van der Waals surface area contributed by atoms with Crippen molar-refractivity contribution in [3.8, 4) is 0 Å². The summed E-state index contributed by atoms with van der Waals surface area (Å²) >= 11 is 0. The predicted molar refractivity (Wildman–Crippen MR) is 81.4 cm³/mol. The summed E-state index contributed by atoms with van der Waals surface area (Å²) < 4.78 is 10.4. The van der Waals surface area contributed by atoms with E-state index in [0.29, 0.717) is 13.0 Å². The molecule has 0 radical (unpaired) electrons. The number of rotatable bonds is 7. The summed E-state index contributed by atoms with van der Waals surface area (Å²) in [5, 5.41) is 0. The van der Waals surface area contributed by atoms with Crippen molar-refractivity contribution in [2.75, 3.05) is 13.2 Å². The normalized spacial score (nSPS) is 20.4. The summed E-state index contributed by atoms with van der Waals surface area (Å²) in [6.45, 7) is 6.75. The molecule has 0 bridgehead atoms. The third-order valence-electron chi connectivity index (χ3n) is 4.04. The van der Waals surface area contributed by atoms with Gasteiger partial charge in [-0.3, -0.25) is 24.1 Å². The topological polar surface area (TPSA) is 90.0 Å². The minimum atomic E-state index is -1.25. The lowest BCUT2D eigenvalue weighted by Gasteiger charge is -2.44. The van der Waals surface area contributed by atoms with Gasteiger partial charge in [-0.15, -0.1) is 0 Å². The predicted octanol–water partition coefficient (Wildman–Crippen LogP) is 1.09. The maximum absolute atomic E-state index is 12.2. The lowest BCUT2D eigenvalue weighted by Crippen LogP contribution is -2.58. The Morgan fingerprint density at radius 1 is 1.30 bits per heavy atom. The average Bonchev–Trinajstić information content (AvgIpc) is 2.51. The molecule has 0 saturated carbocycles. The second kappa shape index (κ2) is 8.19. The lowest BCUT2D eigenvalue weighted by molar-refractivity contribution is -0.187. The summed E-state index contributed by atoms with van der Waals surface area (Å²) in [7, 11) is 0. The zero-order chi connectivity index (χ0) is 17.6. The highest BCUT2D eigenvalue weighted by molar-refractivity contribution is 6.27. The molecule has 0 aromatic rings. The van der Waals surface area contributed by atoms with Crippen LogP contribution in [0.2, 0.25) is 0 Å². The van der Waals surface area contributed by atoms with E-state index < -0.39 is 35.4 Å². The second-order valence-electron chi connectivity index (χ2n) is 6.17. The quantitative estimate of drug-likeness (QED) is 0.393. The minimum Gasteiger partial charge on any atom is -0.465 e. The van der Waals surface area contributed by atoms with Gasteiger partial charge in [0, 0.05) is 13.5 Å². The molecule has 7 nitrogen and oxygen atoms in total. The smallest absolute Gasteiger partial charge is 0.323 e. The zero-order valence-electron chi connectivity index (χ0n) is 14.2. The molecular weight excluding hydrogens is 302 g/mol. The first-order valence-electron chi connectivity index (χ1n) is 7.84. The Hall–Kier alpha value is -1.76. The molecule has 0 aromatic heterocycles. The number of Topliss-reactive ketones (excluding diaryl/α,β-unsaturated/α-hetero) is 1. The molecule has 1 heterocycles. The molecule has 0 amide bonds. The van der Waals surface area contributed by atoms with E-state index in [1.807, 2.05) is 0 Å². The van der Waals surface area contributed by atoms with Crippen LogP contribution in [0, 0.1) is 5.41 Å².